The molecule has 1 aliphatic heterocycles. The van der Waals surface area contributed by atoms with Crippen LogP contribution in [0.2, 0.25) is 0 Å². The molecule has 9 heteroatoms. The van der Waals surface area contributed by atoms with Gasteiger partial charge in [-0.2, -0.15) is 4.98 Å². The molecule has 29 heavy (non-hydrogen) atoms. The second-order valence-electron chi connectivity index (χ2n) is 6.47. The molecule has 1 aromatic heterocycles. The maximum absolute atomic E-state index is 11.5. The van der Waals surface area contributed by atoms with Crippen molar-refractivity contribution in [2.75, 3.05) is 22.6 Å². The number of anilines is 5. The number of hydrogen-bond donors (Lipinski definition) is 4. The van der Waals surface area contributed by atoms with Gasteiger partial charge in [0.2, 0.25) is 11.9 Å². The fourth-order valence-corrected chi connectivity index (χ4v) is 2.81. The van der Waals surface area contributed by atoms with Crippen molar-refractivity contribution >= 4 is 40.6 Å². The fraction of sp³-hybridized carbons (Fsp3) is 0.100. The van der Waals surface area contributed by atoms with E-state index in [-0.39, 0.29) is 12.5 Å². The number of nitrogens with two attached hydrogens (primary N) is 1. The van der Waals surface area contributed by atoms with Crippen molar-refractivity contribution in [3.63, 3.8) is 0 Å². The number of ether oxygens (including phenoxy) is 1. The molecule has 0 saturated carbocycles. The minimum atomic E-state index is -0.510. The Labute approximate surface area is 166 Å². The Hall–Kier alpha value is -4.14. The summed E-state index contributed by atoms with van der Waals surface area (Å²) in [6, 6.07) is 12.2. The van der Waals surface area contributed by atoms with Crippen molar-refractivity contribution in [1.82, 2.24) is 9.97 Å². The van der Waals surface area contributed by atoms with Gasteiger partial charge in [-0.05, 0) is 43.3 Å². The van der Waals surface area contributed by atoms with Crippen LogP contribution in [0, 0.1) is 6.92 Å². The monoisotopic (exact) mass is 390 g/mol. The molecule has 0 unspecified atom stereocenters. The molecule has 0 aliphatic carbocycles. The maximum Gasteiger partial charge on any atom is 0.262 e. The minimum Gasteiger partial charge on any atom is -0.482 e. The Morgan fingerprint density at radius 3 is 2.83 bits per heavy atom. The average molecular weight is 390 g/mol. The molecule has 2 aromatic carbocycles. The van der Waals surface area contributed by atoms with E-state index in [1.165, 1.54) is 0 Å². The number of benzene rings is 2. The minimum absolute atomic E-state index is 0.0107. The summed E-state index contributed by atoms with van der Waals surface area (Å²) in [6.07, 6.45) is 1.68. The summed E-state index contributed by atoms with van der Waals surface area (Å²) in [5, 5.41) is 9.05. The number of nitrogens with one attached hydrogen (secondary N) is 3. The van der Waals surface area contributed by atoms with E-state index in [0.717, 1.165) is 11.3 Å². The number of carbonyl (C=O) groups excluding carboxylic acids is 2. The largest absolute Gasteiger partial charge is 0.482 e. The number of hydrogen-bond acceptors (Lipinski definition) is 7. The van der Waals surface area contributed by atoms with Gasteiger partial charge in [-0.15, -0.1) is 0 Å². The Balaban J connectivity index is 1.56. The van der Waals surface area contributed by atoms with E-state index in [4.69, 9.17) is 10.5 Å². The van der Waals surface area contributed by atoms with Gasteiger partial charge < -0.3 is 26.4 Å². The van der Waals surface area contributed by atoms with Crippen LogP contribution in [0.15, 0.2) is 48.7 Å². The molecule has 146 valence electrons. The van der Waals surface area contributed by atoms with Gasteiger partial charge in [0.25, 0.3) is 5.91 Å². The predicted octanol–water partition coefficient (Wildman–Crippen LogP) is 2.70. The van der Waals surface area contributed by atoms with Crippen LogP contribution in [0.25, 0.3) is 0 Å². The fourth-order valence-electron chi connectivity index (χ4n) is 2.81. The number of amides is 2. The van der Waals surface area contributed by atoms with Gasteiger partial charge in [-0.1, -0.05) is 6.07 Å². The highest BCUT2D eigenvalue weighted by Gasteiger charge is 2.16. The van der Waals surface area contributed by atoms with Crippen LogP contribution in [-0.4, -0.2) is 28.4 Å². The van der Waals surface area contributed by atoms with E-state index < -0.39 is 5.91 Å². The normalized spacial score (nSPS) is 12.4. The zero-order valence-electron chi connectivity index (χ0n) is 15.5. The van der Waals surface area contributed by atoms with Crippen LogP contribution >= 0.6 is 0 Å². The van der Waals surface area contributed by atoms with Crippen LogP contribution < -0.4 is 26.4 Å². The van der Waals surface area contributed by atoms with Gasteiger partial charge in [0.1, 0.15) is 11.6 Å². The number of aryl methyl sites for hydroxylation is 1. The van der Waals surface area contributed by atoms with Crippen molar-refractivity contribution in [3.8, 4) is 5.75 Å². The summed E-state index contributed by atoms with van der Waals surface area (Å²) >= 11 is 0. The summed E-state index contributed by atoms with van der Waals surface area (Å²) < 4.78 is 5.37. The third-order valence-electron chi connectivity index (χ3n) is 4.25. The first-order valence-corrected chi connectivity index (χ1v) is 8.82. The molecule has 4 rings (SSSR count). The van der Waals surface area contributed by atoms with Gasteiger partial charge >= 0.3 is 0 Å². The van der Waals surface area contributed by atoms with Crippen LogP contribution in [0.4, 0.5) is 28.8 Å². The van der Waals surface area contributed by atoms with E-state index >= 15 is 0 Å². The number of fused-ring (bicyclic) bond motifs is 1. The van der Waals surface area contributed by atoms with Crippen LogP contribution in [0.5, 0.6) is 5.75 Å². The molecule has 0 saturated heterocycles. The molecule has 0 bridgehead atoms. The van der Waals surface area contributed by atoms with E-state index in [1.54, 1.807) is 42.6 Å². The van der Waals surface area contributed by atoms with Crippen LogP contribution in [-0.2, 0) is 4.79 Å². The zero-order valence-corrected chi connectivity index (χ0v) is 15.5. The second kappa shape index (κ2) is 7.47. The SMILES string of the molecule is Cc1cnc(Nc2cccc(C(N)=O)c2)nc1Nc1ccc2c(c1)NC(=O)CO2. The zero-order chi connectivity index (χ0) is 20.4. The van der Waals surface area contributed by atoms with Gasteiger partial charge in [-0.3, -0.25) is 9.59 Å². The molecule has 2 heterocycles. The van der Waals surface area contributed by atoms with Gasteiger partial charge in [0, 0.05) is 28.7 Å². The lowest BCUT2D eigenvalue weighted by Crippen LogP contribution is -2.25. The molecule has 5 N–H and O–H groups in total. The van der Waals surface area contributed by atoms with Crippen molar-refractivity contribution in [3.05, 3.63) is 59.8 Å². The Morgan fingerprint density at radius 2 is 2.00 bits per heavy atom. The van der Waals surface area contributed by atoms with Crippen LogP contribution in [0.1, 0.15) is 15.9 Å². The average Bonchev–Trinajstić information content (AvgIpc) is 2.70. The van der Waals surface area contributed by atoms with Gasteiger partial charge in [0.05, 0.1) is 5.69 Å². The lowest BCUT2D eigenvalue weighted by molar-refractivity contribution is -0.118. The van der Waals surface area contributed by atoms with E-state index in [1.807, 2.05) is 13.0 Å². The highest BCUT2D eigenvalue weighted by atomic mass is 16.5. The van der Waals surface area contributed by atoms with Gasteiger partial charge in [0.15, 0.2) is 6.61 Å². The molecule has 1 aliphatic rings. The molecular formula is C20H18N6O3. The molecule has 2 amide bonds. The number of aromatic nitrogens is 2. The van der Waals surface area contributed by atoms with E-state index in [2.05, 4.69) is 25.9 Å². The first-order valence-electron chi connectivity index (χ1n) is 8.82. The Bertz CT molecular complexity index is 1120. The molecule has 0 spiro atoms. The first-order chi connectivity index (χ1) is 14.0. The van der Waals surface area contributed by atoms with E-state index in [9.17, 15) is 9.59 Å². The van der Waals surface area contributed by atoms with Crippen molar-refractivity contribution in [2.45, 2.75) is 6.92 Å². The number of rotatable bonds is 5. The highest BCUT2D eigenvalue weighted by Crippen LogP contribution is 2.32. The summed E-state index contributed by atoms with van der Waals surface area (Å²) in [5.74, 6) is 0.860. The number of carbonyl (C=O) groups is 2. The van der Waals surface area contributed by atoms with Crippen LogP contribution in [0.3, 0.4) is 0 Å². The Kier molecular flexibility index (Phi) is 4.70. The first kappa shape index (κ1) is 18.2. The molecule has 9 nitrogen and oxygen atoms in total. The number of primary amides is 1. The summed E-state index contributed by atoms with van der Waals surface area (Å²) in [4.78, 5) is 31.6. The molecule has 0 fully saturated rings. The number of nitrogens with zero attached hydrogens (tertiary/aromatic N) is 2. The molecule has 0 atom stereocenters. The lowest BCUT2D eigenvalue weighted by Gasteiger charge is -2.19. The standard InChI is InChI=1S/C20H18N6O3/c1-11-9-22-20(24-13-4-2-3-12(7-13)18(21)28)26-19(11)23-14-5-6-16-15(8-14)25-17(27)10-29-16/h2-9H,10H2,1H3,(H2,21,28)(H,25,27)(H2,22,23,24,26). The van der Waals surface area contributed by atoms with E-state index in [0.29, 0.717) is 34.5 Å². The third kappa shape index (κ3) is 4.08. The quantitative estimate of drug-likeness (QED) is 0.527. The highest BCUT2D eigenvalue weighted by molar-refractivity contribution is 5.96. The van der Waals surface area contributed by atoms with Crippen molar-refractivity contribution in [1.29, 1.82) is 0 Å². The van der Waals surface area contributed by atoms with Crippen molar-refractivity contribution in [2.24, 2.45) is 5.73 Å². The molecule has 3 aromatic rings. The Morgan fingerprint density at radius 1 is 1.17 bits per heavy atom. The van der Waals surface area contributed by atoms with Gasteiger partial charge in [-0.25, -0.2) is 4.98 Å². The van der Waals surface area contributed by atoms with Crippen molar-refractivity contribution < 1.29 is 14.3 Å². The summed E-state index contributed by atoms with van der Waals surface area (Å²) in [6.45, 7) is 1.89. The lowest BCUT2D eigenvalue weighted by atomic mass is 10.2. The molecule has 0 radical (unpaired) electrons. The molecular weight excluding hydrogens is 372 g/mol. The summed E-state index contributed by atoms with van der Waals surface area (Å²) in [5.41, 5.74) is 8.51. The third-order valence-corrected chi connectivity index (χ3v) is 4.25. The smallest absolute Gasteiger partial charge is 0.262 e. The topological polar surface area (TPSA) is 131 Å². The summed E-state index contributed by atoms with van der Waals surface area (Å²) in [7, 11) is 0. The second-order valence-corrected chi connectivity index (χ2v) is 6.47. The predicted molar refractivity (Wildman–Crippen MR) is 109 cm³/mol. The maximum atomic E-state index is 11.5.